The minimum absolute atomic E-state index is 0.547. The molecule has 2 aromatic carbocycles. The predicted molar refractivity (Wildman–Crippen MR) is 68.9 cm³/mol. The first kappa shape index (κ1) is 9.65. The molecule has 1 atom stereocenters. The molecule has 0 spiro atoms. The average molecular weight is 208 g/mol. The van der Waals surface area contributed by atoms with Gasteiger partial charge in [-0.2, -0.15) is 0 Å². The van der Waals surface area contributed by atoms with E-state index in [2.05, 4.69) is 57.2 Å². The van der Waals surface area contributed by atoms with Crippen LogP contribution in [-0.2, 0) is 0 Å². The van der Waals surface area contributed by atoms with Gasteiger partial charge in [0.2, 0.25) is 0 Å². The molecule has 0 amide bonds. The molecule has 0 aliphatic heterocycles. The van der Waals surface area contributed by atoms with E-state index in [1.54, 1.807) is 0 Å². The Morgan fingerprint density at radius 3 is 2.31 bits per heavy atom. The minimum atomic E-state index is 0.547. The molecule has 0 radical (unpaired) electrons. The van der Waals surface area contributed by atoms with Gasteiger partial charge in [-0.15, -0.1) is 0 Å². The van der Waals surface area contributed by atoms with E-state index < -0.39 is 0 Å². The average Bonchev–Trinajstić information content (AvgIpc) is 2.55. The Morgan fingerprint density at radius 1 is 0.812 bits per heavy atom. The van der Waals surface area contributed by atoms with Crippen LogP contribution in [0.1, 0.15) is 35.1 Å². The highest BCUT2D eigenvalue weighted by Crippen LogP contribution is 2.45. The number of hydrogen-bond donors (Lipinski definition) is 0. The van der Waals surface area contributed by atoms with Gasteiger partial charge in [0.1, 0.15) is 0 Å². The van der Waals surface area contributed by atoms with Crippen molar-refractivity contribution in [3.8, 4) is 11.1 Å². The maximum absolute atomic E-state index is 2.36. The molecule has 0 saturated heterocycles. The van der Waals surface area contributed by atoms with Crippen LogP contribution in [0.4, 0.5) is 0 Å². The largest absolute Gasteiger partial charge is 0.0619 e. The molecule has 1 aliphatic carbocycles. The Hall–Kier alpha value is -1.56. The van der Waals surface area contributed by atoms with Crippen molar-refractivity contribution in [3.63, 3.8) is 0 Å². The predicted octanol–water partition coefficient (Wildman–Crippen LogP) is 4.44. The molecule has 0 saturated carbocycles. The number of fused-ring (bicyclic) bond motifs is 3. The van der Waals surface area contributed by atoms with Crippen LogP contribution in [0.3, 0.4) is 0 Å². The van der Waals surface area contributed by atoms with Gasteiger partial charge in [0.25, 0.3) is 0 Å². The van der Waals surface area contributed by atoms with Gasteiger partial charge < -0.3 is 0 Å². The van der Waals surface area contributed by atoms with Gasteiger partial charge in [0.15, 0.2) is 0 Å². The fourth-order valence-electron chi connectivity index (χ4n) is 2.72. The summed E-state index contributed by atoms with van der Waals surface area (Å²) in [5.74, 6) is 0.547. The molecule has 0 nitrogen and oxygen atoms in total. The van der Waals surface area contributed by atoms with Crippen molar-refractivity contribution in [2.24, 2.45) is 0 Å². The third kappa shape index (κ3) is 1.16. The lowest BCUT2D eigenvalue weighted by molar-refractivity contribution is 0.953. The summed E-state index contributed by atoms with van der Waals surface area (Å²) in [6.07, 6.45) is 0. The van der Waals surface area contributed by atoms with Crippen LogP contribution in [0.15, 0.2) is 36.4 Å². The van der Waals surface area contributed by atoms with E-state index in [1.165, 1.54) is 33.4 Å². The third-order valence-corrected chi connectivity index (χ3v) is 3.85. The van der Waals surface area contributed by atoms with Gasteiger partial charge in [-0.25, -0.2) is 0 Å². The minimum Gasteiger partial charge on any atom is -0.0619 e. The number of benzene rings is 2. The maximum atomic E-state index is 2.36. The summed E-state index contributed by atoms with van der Waals surface area (Å²) in [5.41, 5.74) is 8.62. The lowest BCUT2D eigenvalue weighted by Crippen LogP contribution is -1.91. The van der Waals surface area contributed by atoms with Crippen LogP contribution in [0.5, 0.6) is 0 Å². The fraction of sp³-hybridized carbons (Fsp3) is 0.250. The van der Waals surface area contributed by atoms with Crippen molar-refractivity contribution in [2.45, 2.75) is 26.7 Å². The summed E-state index contributed by atoms with van der Waals surface area (Å²) in [6.45, 7) is 6.70. The first-order chi connectivity index (χ1) is 7.68. The Bertz CT molecular complexity index is 564. The Labute approximate surface area is 96.9 Å². The second-order valence-electron chi connectivity index (χ2n) is 4.83. The third-order valence-electron chi connectivity index (χ3n) is 3.85. The molecule has 0 bridgehead atoms. The summed E-state index contributed by atoms with van der Waals surface area (Å²) < 4.78 is 0. The van der Waals surface area contributed by atoms with Gasteiger partial charge in [-0.05, 0) is 47.2 Å². The second-order valence-corrected chi connectivity index (χ2v) is 4.83. The van der Waals surface area contributed by atoms with E-state index in [9.17, 15) is 0 Å². The topological polar surface area (TPSA) is 0 Å². The van der Waals surface area contributed by atoms with Gasteiger partial charge in [-0.3, -0.25) is 0 Å². The van der Waals surface area contributed by atoms with Gasteiger partial charge in [-0.1, -0.05) is 43.3 Å². The van der Waals surface area contributed by atoms with Crippen molar-refractivity contribution in [3.05, 3.63) is 58.7 Å². The zero-order chi connectivity index (χ0) is 11.3. The Morgan fingerprint density at radius 2 is 1.50 bits per heavy atom. The molecule has 0 aromatic heterocycles. The second kappa shape index (κ2) is 3.21. The standard InChI is InChI=1S/C16H16/c1-10-8-15-12(3)13-6-4-5-7-14(13)16(15)9-11(10)2/h4-9,12H,1-3H3. The van der Waals surface area contributed by atoms with Crippen molar-refractivity contribution >= 4 is 0 Å². The number of rotatable bonds is 0. The highest BCUT2D eigenvalue weighted by atomic mass is 14.3. The van der Waals surface area contributed by atoms with Crippen LogP contribution in [0, 0.1) is 13.8 Å². The normalized spacial score (nSPS) is 17.1. The van der Waals surface area contributed by atoms with Crippen LogP contribution in [-0.4, -0.2) is 0 Å². The van der Waals surface area contributed by atoms with Gasteiger partial charge in [0.05, 0.1) is 0 Å². The Balaban J connectivity index is 2.34. The molecular weight excluding hydrogens is 192 g/mol. The van der Waals surface area contributed by atoms with Crippen molar-refractivity contribution in [2.75, 3.05) is 0 Å². The maximum Gasteiger partial charge on any atom is 0.00734 e. The van der Waals surface area contributed by atoms with Crippen molar-refractivity contribution < 1.29 is 0 Å². The van der Waals surface area contributed by atoms with E-state index in [4.69, 9.17) is 0 Å². The van der Waals surface area contributed by atoms with Crippen molar-refractivity contribution in [1.29, 1.82) is 0 Å². The highest BCUT2D eigenvalue weighted by Gasteiger charge is 2.25. The SMILES string of the molecule is Cc1cc2c(cc1C)C(C)c1ccccc1-2. The van der Waals surface area contributed by atoms with Crippen LogP contribution in [0.25, 0.3) is 11.1 Å². The van der Waals surface area contributed by atoms with Crippen LogP contribution >= 0.6 is 0 Å². The lowest BCUT2D eigenvalue weighted by Gasteiger charge is -2.08. The van der Waals surface area contributed by atoms with E-state index in [-0.39, 0.29) is 0 Å². The smallest absolute Gasteiger partial charge is 0.00734 e. The highest BCUT2D eigenvalue weighted by molar-refractivity contribution is 5.79. The zero-order valence-corrected chi connectivity index (χ0v) is 10.0. The monoisotopic (exact) mass is 208 g/mol. The zero-order valence-electron chi connectivity index (χ0n) is 10.0. The summed E-state index contributed by atoms with van der Waals surface area (Å²) in [5, 5.41) is 0. The lowest BCUT2D eigenvalue weighted by atomic mass is 9.96. The molecule has 0 heterocycles. The summed E-state index contributed by atoms with van der Waals surface area (Å²) in [6, 6.07) is 13.5. The first-order valence-electron chi connectivity index (χ1n) is 5.89. The molecule has 0 fully saturated rings. The number of hydrogen-bond acceptors (Lipinski definition) is 0. The van der Waals surface area contributed by atoms with Gasteiger partial charge in [0, 0.05) is 5.92 Å². The number of aryl methyl sites for hydroxylation is 2. The van der Waals surface area contributed by atoms with Crippen molar-refractivity contribution in [1.82, 2.24) is 0 Å². The van der Waals surface area contributed by atoms with Gasteiger partial charge >= 0.3 is 0 Å². The summed E-state index contributed by atoms with van der Waals surface area (Å²) in [4.78, 5) is 0. The molecule has 2 aromatic rings. The van der Waals surface area contributed by atoms with E-state index >= 15 is 0 Å². The quantitative estimate of drug-likeness (QED) is 0.600. The summed E-state index contributed by atoms with van der Waals surface area (Å²) in [7, 11) is 0. The fourth-order valence-corrected chi connectivity index (χ4v) is 2.72. The Kier molecular flexibility index (Phi) is 1.94. The van der Waals surface area contributed by atoms with E-state index in [0.717, 1.165) is 0 Å². The first-order valence-corrected chi connectivity index (χ1v) is 5.89. The molecule has 16 heavy (non-hydrogen) atoms. The molecule has 0 N–H and O–H groups in total. The summed E-state index contributed by atoms with van der Waals surface area (Å²) >= 11 is 0. The van der Waals surface area contributed by atoms with Crippen LogP contribution in [0.2, 0.25) is 0 Å². The molecular formula is C16H16. The van der Waals surface area contributed by atoms with E-state index in [1.807, 2.05) is 0 Å². The molecule has 1 unspecified atom stereocenters. The molecule has 80 valence electrons. The van der Waals surface area contributed by atoms with Crippen LogP contribution < -0.4 is 0 Å². The van der Waals surface area contributed by atoms with E-state index in [0.29, 0.717) is 5.92 Å². The molecule has 0 heteroatoms. The molecule has 1 aliphatic rings. The molecule has 3 rings (SSSR count).